The number of hydrogen-bond acceptors (Lipinski definition) is 3. The molecule has 2 unspecified atom stereocenters. The third kappa shape index (κ3) is 0.974. The molecule has 0 bridgehead atoms. The van der Waals surface area contributed by atoms with Crippen LogP contribution in [-0.2, 0) is 14.3 Å². The van der Waals surface area contributed by atoms with E-state index in [9.17, 15) is 9.59 Å². The predicted molar refractivity (Wildman–Crippen MR) is 46.7 cm³/mol. The zero-order chi connectivity index (χ0) is 9.69. The molecule has 1 heterocycles. The van der Waals surface area contributed by atoms with Crippen LogP contribution in [0.5, 0.6) is 0 Å². The second-order valence-corrected chi connectivity index (χ2v) is 4.78. The fraction of sp³-hybridized carbons (Fsp3) is 0.750. The molecule has 0 aromatic heterocycles. The van der Waals surface area contributed by atoms with Gasteiger partial charge in [-0.15, -0.1) is 23.2 Å². The van der Waals surface area contributed by atoms with Crippen molar-refractivity contribution in [2.75, 3.05) is 0 Å². The number of carbonyl (C=O) groups excluding carboxylic acids is 2. The summed E-state index contributed by atoms with van der Waals surface area (Å²) in [5, 5.41) is 0. The Bertz CT molecular complexity index is 263. The second-order valence-electron chi connectivity index (χ2n) is 3.49. The van der Waals surface area contributed by atoms with Crippen LogP contribution in [0.25, 0.3) is 0 Å². The third-order valence-electron chi connectivity index (χ3n) is 2.75. The molecule has 72 valence electrons. The predicted octanol–water partition coefficient (Wildman–Crippen LogP) is 1.60. The standard InChI is InChI=1S/C8H8Cl2O3/c9-7-3-1-2-4-8(7,10)6(12)13-5(7)11/h1-4H2. The van der Waals surface area contributed by atoms with Crippen LogP contribution in [-0.4, -0.2) is 21.7 Å². The number of alkyl halides is 2. The van der Waals surface area contributed by atoms with Gasteiger partial charge in [0.2, 0.25) is 0 Å². The van der Waals surface area contributed by atoms with Gasteiger partial charge in [0.15, 0.2) is 9.75 Å². The number of cyclic esters (lactones) is 2. The summed E-state index contributed by atoms with van der Waals surface area (Å²) in [6.07, 6.45) is 2.45. The number of fused-ring (bicyclic) bond motifs is 1. The van der Waals surface area contributed by atoms with E-state index in [-0.39, 0.29) is 0 Å². The third-order valence-corrected chi connectivity index (χ3v) is 4.18. The molecule has 2 fully saturated rings. The molecule has 1 saturated carbocycles. The minimum absolute atomic E-state index is 0.419. The largest absolute Gasteiger partial charge is 0.390 e. The number of esters is 2. The molecule has 0 amide bonds. The normalized spacial score (nSPS) is 44.5. The van der Waals surface area contributed by atoms with E-state index in [1.807, 2.05) is 0 Å². The fourth-order valence-corrected chi connectivity index (χ4v) is 2.59. The van der Waals surface area contributed by atoms with E-state index in [4.69, 9.17) is 23.2 Å². The van der Waals surface area contributed by atoms with Gasteiger partial charge in [-0.3, -0.25) is 0 Å². The number of halogens is 2. The highest BCUT2D eigenvalue weighted by atomic mass is 35.5. The number of ether oxygens (including phenoxy) is 1. The van der Waals surface area contributed by atoms with E-state index in [1.165, 1.54) is 0 Å². The van der Waals surface area contributed by atoms with Gasteiger partial charge in [-0.05, 0) is 12.8 Å². The van der Waals surface area contributed by atoms with E-state index in [2.05, 4.69) is 4.74 Å². The Morgan fingerprint density at radius 3 is 1.77 bits per heavy atom. The van der Waals surface area contributed by atoms with Crippen LogP contribution in [0.3, 0.4) is 0 Å². The lowest BCUT2D eigenvalue weighted by atomic mass is 9.79. The summed E-state index contributed by atoms with van der Waals surface area (Å²) in [6, 6.07) is 0. The molecule has 1 aliphatic carbocycles. The van der Waals surface area contributed by atoms with Gasteiger partial charge in [0.25, 0.3) is 0 Å². The summed E-state index contributed by atoms with van der Waals surface area (Å²) in [7, 11) is 0. The van der Waals surface area contributed by atoms with Gasteiger partial charge in [0, 0.05) is 0 Å². The Kier molecular flexibility index (Phi) is 1.86. The topological polar surface area (TPSA) is 43.4 Å². The molecule has 2 aliphatic rings. The number of carbonyl (C=O) groups is 2. The van der Waals surface area contributed by atoms with Crippen molar-refractivity contribution in [1.29, 1.82) is 0 Å². The van der Waals surface area contributed by atoms with E-state index in [0.29, 0.717) is 12.8 Å². The SMILES string of the molecule is O=C1OC(=O)C2(Cl)CCCCC12Cl. The summed E-state index contributed by atoms with van der Waals surface area (Å²) in [4.78, 5) is 19.9. The summed E-state index contributed by atoms with van der Waals surface area (Å²) >= 11 is 12.1. The molecule has 2 atom stereocenters. The zero-order valence-electron chi connectivity index (χ0n) is 6.81. The van der Waals surface area contributed by atoms with Crippen molar-refractivity contribution < 1.29 is 14.3 Å². The van der Waals surface area contributed by atoms with E-state index >= 15 is 0 Å². The van der Waals surface area contributed by atoms with Gasteiger partial charge in [-0.1, -0.05) is 12.8 Å². The van der Waals surface area contributed by atoms with Crippen LogP contribution in [0.15, 0.2) is 0 Å². The van der Waals surface area contributed by atoms with Gasteiger partial charge in [-0.25, -0.2) is 9.59 Å². The maximum atomic E-state index is 11.3. The van der Waals surface area contributed by atoms with Crippen molar-refractivity contribution in [3.8, 4) is 0 Å². The van der Waals surface area contributed by atoms with Gasteiger partial charge >= 0.3 is 11.9 Å². The lowest BCUT2D eigenvalue weighted by Crippen LogP contribution is -2.50. The molecule has 0 radical (unpaired) electrons. The summed E-state index contributed by atoms with van der Waals surface area (Å²) in [5.74, 6) is -1.37. The highest BCUT2D eigenvalue weighted by Gasteiger charge is 2.68. The Balaban J connectivity index is 2.46. The highest BCUT2D eigenvalue weighted by Crippen LogP contribution is 2.51. The van der Waals surface area contributed by atoms with Crippen molar-refractivity contribution in [1.82, 2.24) is 0 Å². The number of hydrogen-bond donors (Lipinski definition) is 0. The monoisotopic (exact) mass is 222 g/mol. The molecule has 0 aromatic carbocycles. The Morgan fingerprint density at radius 2 is 1.38 bits per heavy atom. The molecule has 1 aliphatic heterocycles. The lowest BCUT2D eigenvalue weighted by Gasteiger charge is -2.34. The van der Waals surface area contributed by atoms with Crippen LogP contribution in [0.2, 0.25) is 0 Å². The van der Waals surface area contributed by atoms with E-state index in [1.54, 1.807) is 0 Å². The molecule has 0 N–H and O–H groups in total. The van der Waals surface area contributed by atoms with Crippen LogP contribution < -0.4 is 0 Å². The van der Waals surface area contributed by atoms with Crippen molar-refractivity contribution in [2.24, 2.45) is 0 Å². The zero-order valence-corrected chi connectivity index (χ0v) is 8.32. The Morgan fingerprint density at radius 1 is 1.00 bits per heavy atom. The first kappa shape index (κ1) is 9.28. The molecule has 1 saturated heterocycles. The van der Waals surface area contributed by atoms with Crippen molar-refractivity contribution >= 4 is 35.1 Å². The minimum atomic E-state index is -1.32. The average molecular weight is 223 g/mol. The molecule has 0 spiro atoms. The van der Waals surface area contributed by atoms with E-state index in [0.717, 1.165) is 12.8 Å². The summed E-state index contributed by atoms with van der Waals surface area (Å²) in [5.41, 5.74) is 0. The Hall–Kier alpha value is -0.280. The summed E-state index contributed by atoms with van der Waals surface area (Å²) in [6.45, 7) is 0. The molecule has 3 nitrogen and oxygen atoms in total. The average Bonchev–Trinajstić information content (AvgIpc) is 2.25. The van der Waals surface area contributed by atoms with Crippen LogP contribution >= 0.6 is 23.2 Å². The molecular weight excluding hydrogens is 215 g/mol. The van der Waals surface area contributed by atoms with Gasteiger partial charge in [0.1, 0.15) is 0 Å². The fourth-order valence-electron chi connectivity index (χ4n) is 1.91. The first-order chi connectivity index (χ1) is 6.01. The highest BCUT2D eigenvalue weighted by molar-refractivity contribution is 6.51. The van der Waals surface area contributed by atoms with Gasteiger partial charge in [-0.2, -0.15) is 0 Å². The molecular formula is C8H8Cl2O3. The van der Waals surface area contributed by atoms with Crippen molar-refractivity contribution in [3.05, 3.63) is 0 Å². The molecule has 13 heavy (non-hydrogen) atoms. The van der Waals surface area contributed by atoms with Crippen molar-refractivity contribution in [2.45, 2.75) is 35.4 Å². The first-order valence-electron chi connectivity index (χ1n) is 4.15. The quantitative estimate of drug-likeness (QED) is 0.356. The molecule has 5 heteroatoms. The molecule has 0 aromatic rings. The lowest BCUT2D eigenvalue weighted by molar-refractivity contribution is -0.153. The number of rotatable bonds is 0. The van der Waals surface area contributed by atoms with Crippen LogP contribution in [0.1, 0.15) is 25.7 Å². The second kappa shape index (κ2) is 2.61. The van der Waals surface area contributed by atoms with E-state index < -0.39 is 21.7 Å². The molecule has 2 rings (SSSR count). The Labute approximate surface area is 85.3 Å². The van der Waals surface area contributed by atoms with Crippen molar-refractivity contribution in [3.63, 3.8) is 0 Å². The maximum absolute atomic E-state index is 11.3. The minimum Gasteiger partial charge on any atom is -0.390 e. The maximum Gasteiger partial charge on any atom is 0.337 e. The van der Waals surface area contributed by atoms with Gasteiger partial charge < -0.3 is 4.74 Å². The van der Waals surface area contributed by atoms with Gasteiger partial charge in [0.05, 0.1) is 0 Å². The first-order valence-corrected chi connectivity index (χ1v) is 4.91. The van der Waals surface area contributed by atoms with Crippen LogP contribution in [0, 0.1) is 0 Å². The van der Waals surface area contributed by atoms with Crippen LogP contribution in [0.4, 0.5) is 0 Å². The summed E-state index contributed by atoms with van der Waals surface area (Å²) < 4.78 is 4.47. The smallest absolute Gasteiger partial charge is 0.337 e.